The molecule has 0 amide bonds. The van der Waals surface area contributed by atoms with Gasteiger partial charge in [-0.1, -0.05) is 0 Å². The van der Waals surface area contributed by atoms with E-state index in [2.05, 4.69) is 10.4 Å². The summed E-state index contributed by atoms with van der Waals surface area (Å²) in [6.45, 7) is 5.48. The smallest absolute Gasteiger partial charge is 0.389 e. The number of likely N-dealkylation sites (N-methyl/N-ethyl adjacent to an activating group) is 1. The van der Waals surface area contributed by atoms with Crippen LogP contribution in [-0.4, -0.2) is 28.8 Å². The summed E-state index contributed by atoms with van der Waals surface area (Å²) in [5, 5.41) is 9.80. The Kier molecular flexibility index (Phi) is 4.82. The Bertz CT molecular complexity index is 457. The zero-order valence-electron chi connectivity index (χ0n) is 11.6. The normalized spacial score (nSPS) is 12.4. The molecule has 0 aliphatic heterocycles. The first-order valence-corrected chi connectivity index (χ1v) is 6.10. The average Bonchev–Trinajstić information content (AvgIpc) is 2.33. The van der Waals surface area contributed by atoms with Crippen LogP contribution in [0.1, 0.15) is 26.3 Å². The fraction of sp³-hybridized carbons (Fsp3) is 0.583. The van der Waals surface area contributed by atoms with Crippen molar-refractivity contribution in [1.82, 2.24) is 4.98 Å². The van der Waals surface area contributed by atoms with Crippen molar-refractivity contribution in [3.63, 3.8) is 0 Å². The van der Waals surface area contributed by atoms with Gasteiger partial charge < -0.3 is 15.4 Å². The number of rotatable bonds is 5. The lowest BCUT2D eigenvalue weighted by atomic mass is 10.1. The summed E-state index contributed by atoms with van der Waals surface area (Å²) in [6, 6.07) is 1.78. The monoisotopic (exact) mass is 292 g/mol. The zero-order valence-corrected chi connectivity index (χ0v) is 11.6. The Morgan fingerprint density at radius 3 is 2.35 bits per heavy atom. The van der Waals surface area contributed by atoms with Gasteiger partial charge >= 0.3 is 6.18 Å². The SMILES string of the molecule is CCN(CC(C)(C)O)c1cc(C(F)(F)F)cc(NN)n1. The van der Waals surface area contributed by atoms with E-state index in [1.54, 1.807) is 25.7 Å². The molecule has 4 N–H and O–H groups in total. The summed E-state index contributed by atoms with van der Waals surface area (Å²) < 4.78 is 38.5. The molecule has 0 atom stereocenters. The minimum Gasteiger partial charge on any atom is -0.389 e. The average molecular weight is 292 g/mol. The molecule has 0 saturated heterocycles. The number of aliphatic hydroxyl groups is 1. The number of nitrogen functional groups attached to an aromatic ring is 1. The standard InChI is InChI=1S/C12H19F3N4O/c1-4-19(7-11(2,3)20)10-6-8(12(13,14)15)5-9(17-10)18-16/h5-6,20H,4,7,16H2,1-3H3,(H,17,18). The van der Waals surface area contributed by atoms with Crippen LogP contribution in [0, 0.1) is 0 Å². The van der Waals surface area contributed by atoms with Crippen molar-refractivity contribution in [2.45, 2.75) is 32.5 Å². The molecule has 8 heteroatoms. The molecule has 0 spiro atoms. The molecule has 1 aromatic rings. The molecule has 5 nitrogen and oxygen atoms in total. The van der Waals surface area contributed by atoms with Gasteiger partial charge in [-0.05, 0) is 32.9 Å². The van der Waals surface area contributed by atoms with Gasteiger partial charge in [-0.3, -0.25) is 0 Å². The predicted octanol–water partition coefficient (Wildman–Crippen LogP) is 1.98. The van der Waals surface area contributed by atoms with Crippen LogP contribution < -0.4 is 16.2 Å². The summed E-state index contributed by atoms with van der Waals surface area (Å²) in [6.07, 6.45) is -4.49. The van der Waals surface area contributed by atoms with E-state index in [1.807, 2.05) is 0 Å². The number of hydrogen-bond donors (Lipinski definition) is 3. The Labute approximate surface area is 115 Å². The van der Waals surface area contributed by atoms with E-state index < -0.39 is 17.3 Å². The number of anilines is 2. The summed E-state index contributed by atoms with van der Waals surface area (Å²) in [5.74, 6) is 5.18. The van der Waals surface area contributed by atoms with E-state index in [9.17, 15) is 18.3 Å². The van der Waals surface area contributed by atoms with Crippen molar-refractivity contribution >= 4 is 11.6 Å². The fourth-order valence-electron chi connectivity index (χ4n) is 1.74. The number of halogens is 3. The largest absolute Gasteiger partial charge is 0.416 e. The first kappa shape index (κ1) is 16.5. The van der Waals surface area contributed by atoms with Gasteiger partial charge in [0.05, 0.1) is 11.2 Å². The van der Waals surface area contributed by atoms with E-state index in [1.165, 1.54) is 0 Å². The Balaban J connectivity index is 3.21. The van der Waals surface area contributed by atoms with Gasteiger partial charge in [0.25, 0.3) is 0 Å². The molecule has 0 radical (unpaired) electrons. The molecular weight excluding hydrogens is 273 g/mol. The number of aromatic nitrogens is 1. The third-order valence-electron chi connectivity index (χ3n) is 2.57. The molecule has 114 valence electrons. The van der Waals surface area contributed by atoms with Crippen LogP contribution in [-0.2, 0) is 6.18 Å². The Hall–Kier alpha value is -1.54. The predicted molar refractivity (Wildman–Crippen MR) is 71.2 cm³/mol. The van der Waals surface area contributed by atoms with Gasteiger partial charge in [-0.15, -0.1) is 0 Å². The molecule has 0 bridgehead atoms. The van der Waals surface area contributed by atoms with Gasteiger partial charge in [-0.25, -0.2) is 10.8 Å². The second-order valence-electron chi connectivity index (χ2n) is 5.07. The number of nitrogens with two attached hydrogens (primary N) is 1. The number of hydrogen-bond acceptors (Lipinski definition) is 5. The number of nitrogens with zero attached hydrogens (tertiary/aromatic N) is 2. The van der Waals surface area contributed by atoms with E-state index in [0.29, 0.717) is 6.54 Å². The second kappa shape index (κ2) is 5.84. The minimum absolute atomic E-state index is 0.0796. The summed E-state index contributed by atoms with van der Waals surface area (Å²) in [7, 11) is 0. The maximum Gasteiger partial charge on any atom is 0.416 e. The van der Waals surface area contributed by atoms with Crippen LogP contribution in [0.15, 0.2) is 12.1 Å². The lowest BCUT2D eigenvalue weighted by Gasteiger charge is -2.29. The third-order valence-corrected chi connectivity index (χ3v) is 2.57. The summed E-state index contributed by atoms with van der Waals surface area (Å²) in [5.41, 5.74) is 0.225. The van der Waals surface area contributed by atoms with E-state index in [-0.39, 0.29) is 18.2 Å². The van der Waals surface area contributed by atoms with Gasteiger partial charge in [0.2, 0.25) is 0 Å². The third kappa shape index (κ3) is 4.53. The molecule has 1 heterocycles. The number of alkyl halides is 3. The van der Waals surface area contributed by atoms with Gasteiger partial charge in [0.15, 0.2) is 0 Å². The Morgan fingerprint density at radius 1 is 1.35 bits per heavy atom. The van der Waals surface area contributed by atoms with Gasteiger partial charge in [0, 0.05) is 13.1 Å². The van der Waals surface area contributed by atoms with Gasteiger partial charge in [-0.2, -0.15) is 13.2 Å². The summed E-state index contributed by atoms with van der Waals surface area (Å²) in [4.78, 5) is 5.55. The fourth-order valence-corrected chi connectivity index (χ4v) is 1.74. The Morgan fingerprint density at radius 2 is 1.95 bits per heavy atom. The highest BCUT2D eigenvalue weighted by molar-refractivity contribution is 5.51. The van der Waals surface area contributed by atoms with Crippen LogP contribution >= 0.6 is 0 Å². The maximum atomic E-state index is 12.8. The topological polar surface area (TPSA) is 74.4 Å². The molecule has 0 aliphatic rings. The molecule has 0 unspecified atom stereocenters. The van der Waals surface area contributed by atoms with Crippen molar-refractivity contribution in [2.24, 2.45) is 5.84 Å². The van der Waals surface area contributed by atoms with E-state index in [4.69, 9.17) is 5.84 Å². The van der Waals surface area contributed by atoms with Crippen LogP contribution in [0.5, 0.6) is 0 Å². The molecule has 0 aromatic carbocycles. The highest BCUT2D eigenvalue weighted by atomic mass is 19.4. The molecule has 1 aromatic heterocycles. The molecule has 1 rings (SSSR count). The van der Waals surface area contributed by atoms with Crippen LogP contribution in [0.25, 0.3) is 0 Å². The van der Waals surface area contributed by atoms with Crippen LogP contribution in [0.3, 0.4) is 0 Å². The van der Waals surface area contributed by atoms with Crippen molar-refractivity contribution in [1.29, 1.82) is 0 Å². The highest BCUT2D eigenvalue weighted by Gasteiger charge is 2.32. The first-order valence-electron chi connectivity index (χ1n) is 6.10. The zero-order chi connectivity index (χ0) is 15.6. The lowest BCUT2D eigenvalue weighted by molar-refractivity contribution is -0.137. The van der Waals surface area contributed by atoms with Crippen molar-refractivity contribution in [3.05, 3.63) is 17.7 Å². The minimum atomic E-state index is -4.49. The van der Waals surface area contributed by atoms with Crippen molar-refractivity contribution in [2.75, 3.05) is 23.4 Å². The molecule has 0 aliphatic carbocycles. The second-order valence-corrected chi connectivity index (χ2v) is 5.07. The molecule has 20 heavy (non-hydrogen) atoms. The number of nitrogens with one attached hydrogen (secondary N) is 1. The molecule has 0 saturated carbocycles. The summed E-state index contributed by atoms with van der Waals surface area (Å²) >= 11 is 0. The number of pyridine rings is 1. The number of hydrazine groups is 1. The van der Waals surface area contributed by atoms with E-state index >= 15 is 0 Å². The first-order chi connectivity index (χ1) is 9.06. The van der Waals surface area contributed by atoms with Crippen LogP contribution in [0.2, 0.25) is 0 Å². The maximum absolute atomic E-state index is 12.8. The molecule has 0 fully saturated rings. The van der Waals surface area contributed by atoms with Crippen molar-refractivity contribution in [3.8, 4) is 0 Å². The van der Waals surface area contributed by atoms with E-state index in [0.717, 1.165) is 12.1 Å². The highest BCUT2D eigenvalue weighted by Crippen LogP contribution is 2.33. The van der Waals surface area contributed by atoms with Gasteiger partial charge in [0.1, 0.15) is 11.6 Å². The van der Waals surface area contributed by atoms with Crippen LogP contribution in [0.4, 0.5) is 24.8 Å². The quantitative estimate of drug-likeness (QED) is 0.571. The van der Waals surface area contributed by atoms with Crippen molar-refractivity contribution < 1.29 is 18.3 Å². The lowest BCUT2D eigenvalue weighted by Crippen LogP contribution is -2.39. The molecular formula is C12H19F3N4O.